The first kappa shape index (κ1) is 13.1. The predicted octanol–water partition coefficient (Wildman–Crippen LogP) is 1.89. The van der Waals surface area contributed by atoms with E-state index in [-0.39, 0.29) is 18.2 Å². The number of nitrogens with one attached hydrogen (secondary N) is 1. The van der Waals surface area contributed by atoms with Crippen molar-refractivity contribution in [1.82, 2.24) is 14.9 Å². The average molecular weight is 296 g/mol. The Morgan fingerprint density at radius 3 is 2.95 bits per heavy atom. The van der Waals surface area contributed by atoms with Gasteiger partial charge in [-0.25, -0.2) is 9.37 Å². The Balaban J connectivity index is 2.16. The van der Waals surface area contributed by atoms with Gasteiger partial charge in [0.15, 0.2) is 0 Å². The maximum Gasteiger partial charge on any atom is 0.249 e. The van der Waals surface area contributed by atoms with Gasteiger partial charge in [-0.1, -0.05) is 0 Å². The number of hydrogen-bond donors (Lipinski definition) is 1. The van der Waals surface area contributed by atoms with E-state index in [0.717, 1.165) is 0 Å². The van der Waals surface area contributed by atoms with Gasteiger partial charge in [0.2, 0.25) is 11.8 Å². The highest BCUT2D eigenvalue weighted by atomic mass is 35.5. The monoisotopic (exact) mass is 295 g/mol. The van der Waals surface area contributed by atoms with Crippen LogP contribution in [0.15, 0.2) is 18.2 Å². The lowest BCUT2D eigenvalue weighted by atomic mass is 10.1. The number of alkyl halides is 1. The number of imidazole rings is 1. The van der Waals surface area contributed by atoms with Crippen LogP contribution in [0.1, 0.15) is 24.7 Å². The number of fused-ring (bicyclic) bond motifs is 1. The minimum Gasteiger partial charge on any atom is -0.314 e. The first-order valence-electron chi connectivity index (χ1n) is 6.16. The van der Waals surface area contributed by atoms with Crippen molar-refractivity contribution in [2.75, 3.05) is 0 Å². The maximum atomic E-state index is 13.4. The number of benzene rings is 1. The van der Waals surface area contributed by atoms with E-state index in [9.17, 15) is 14.0 Å². The second-order valence-corrected chi connectivity index (χ2v) is 4.90. The zero-order valence-corrected chi connectivity index (χ0v) is 11.2. The van der Waals surface area contributed by atoms with Crippen LogP contribution in [0.5, 0.6) is 0 Å². The van der Waals surface area contributed by atoms with Crippen molar-refractivity contribution in [3.63, 3.8) is 0 Å². The molecule has 1 N–H and O–H groups in total. The number of rotatable bonds is 2. The number of imide groups is 1. The van der Waals surface area contributed by atoms with Gasteiger partial charge in [0, 0.05) is 6.42 Å². The molecule has 0 radical (unpaired) electrons. The number of aromatic nitrogens is 2. The van der Waals surface area contributed by atoms with Crippen LogP contribution in [0.2, 0.25) is 0 Å². The molecule has 7 heteroatoms. The number of piperidine rings is 1. The van der Waals surface area contributed by atoms with Gasteiger partial charge in [0.25, 0.3) is 0 Å². The second kappa shape index (κ2) is 4.86. The molecule has 2 aromatic rings. The number of carbonyl (C=O) groups is 2. The third kappa shape index (κ3) is 2.06. The Morgan fingerprint density at radius 1 is 1.45 bits per heavy atom. The first-order chi connectivity index (χ1) is 9.60. The van der Waals surface area contributed by atoms with E-state index >= 15 is 0 Å². The van der Waals surface area contributed by atoms with E-state index in [1.54, 1.807) is 10.6 Å². The Hall–Kier alpha value is -1.95. The number of amides is 2. The molecule has 104 valence electrons. The lowest BCUT2D eigenvalue weighted by molar-refractivity contribution is -0.135. The predicted molar refractivity (Wildman–Crippen MR) is 70.7 cm³/mol. The molecule has 1 aromatic heterocycles. The number of nitrogens with zero attached hydrogens (tertiary/aromatic N) is 2. The van der Waals surface area contributed by atoms with Gasteiger partial charge < -0.3 is 4.57 Å². The van der Waals surface area contributed by atoms with Crippen LogP contribution in [-0.2, 0) is 15.5 Å². The van der Waals surface area contributed by atoms with Gasteiger partial charge in [-0.15, -0.1) is 11.6 Å². The van der Waals surface area contributed by atoms with Gasteiger partial charge in [-0.05, 0) is 24.6 Å². The van der Waals surface area contributed by atoms with Crippen molar-refractivity contribution < 1.29 is 14.0 Å². The summed E-state index contributed by atoms with van der Waals surface area (Å²) < 4.78 is 15.0. The molecule has 0 saturated carbocycles. The fourth-order valence-corrected chi connectivity index (χ4v) is 2.68. The highest BCUT2D eigenvalue weighted by molar-refractivity contribution is 6.17. The van der Waals surface area contributed by atoms with Crippen LogP contribution >= 0.6 is 11.6 Å². The Kier molecular flexibility index (Phi) is 3.17. The standard InChI is InChI=1S/C13H11ClFN3O2/c14-6-11-16-8-2-1-7(15)5-10(8)18(11)9-3-4-12(19)17-13(9)20/h1-2,5,9H,3-4,6H2,(H,17,19,20). The molecule has 3 rings (SSSR count). The van der Waals surface area contributed by atoms with E-state index in [1.165, 1.54) is 12.1 Å². The normalized spacial score (nSPS) is 19.4. The van der Waals surface area contributed by atoms with Crippen molar-refractivity contribution in [1.29, 1.82) is 0 Å². The summed E-state index contributed by atoms with van der Waals surface area (Å²) >= 11 is 5.86. The Labute approximate surface area is 118 Å². The lowest BCUT2D eigenvalue weighted by Crippen LogP contribution is -2.42. The highest BCUT2D eigenvalue weighted by Gasteiger charge is 2.30. The second-order valence-electron chi connectivity index (χ2n) is 4.63. The van der Waals surface area contributed by atoms with Crippen molar-refractivity contribution in [2.24, 2.45) is 0 Å². The minimum atomic E-state index is -0.590. The quantitative estimate of drug-likeness (QED) is 0.680. The zero-order valence-electron chi connectivity index (χ0n) is 10.4. The van der Waals surface area contributed by atoms with Crippen LogP contribution < -0.4 is 5.32 Å². The Bertz CT molecular complexity index is 713. The van der Waals surface area contributed by atoms with E-state index in [0.29, 0.717) is 23.3 Å². The van der Waals surface area contributed by atoms with Gasteiger partial charge in [0.05, 0.1) is 16.9 Å². The highest BCUT2D eigenvalue weighted by Crippen LogP contribution is 2.27. The summed E-state index contributed by atoms with van der Waals surface area (Å²) in [5.74, 6) is -0.520. The average Bonchev–Trinajstić information content (AvgIpc) is 2.76. The molecule has 1 fully saturated rings. The van der Waals surface area contributed by atoms with Crippen LogP contribution in [0.3, 0.4) is 0 Å². The number of carbonyl (C=O) groups excluding carboxylic acids is 2. The summed E-state index contributed by atoms with van der Waals surface area (Å²) in [7, 11) is 0. The molecule has 0 spiro atoms. The molecule has 1 aliphatic heterocycles. The molecule has 1 unspecified atom stereocenters. The van der Waals surface area contributed by atoms with E-state index in [1.807, 2.05) is 0 Å². The van der Waals surface area contributed by atoms with Crippen molar-refractivity contribution >= 4 is 34.4 Å². The molecular formula is C13H11ClFN3O2. The smallest absolute Gasteiger partial charge is 0.249 e. The summed E-state index contributed by atoms with van der Waals surface area (Å²) in [5, 5.41) is 2.28. The minimum absolute atomic E-state index is 0.105. The van der Waals surface area contributed by atoms with Crippen LogP contribution in [0.25, 0.3) is 11.0 Å². The third-order valence-electron chi connectivity index (χ3n) is 3.37. The largest absolute Gasteiger partial charge is 0.314 e. The maximum absolute atomic E-state index is 13.4. The zero-order chi connectivity index (χ0) is 14.3. The lowest BCUT2D eigenvalue weighted by Gasteiger charge is -2.24. The summed E-state index contributed by atoms with van der Waals surface area (Å²) in [4.78, 5) is 27.5. The van der Waals surface area contributed by atoms with Crippen LogP contribution in [0, 0.1) is 5.82 Å². The van der Waals surface area contributed by atoms with Crippen LogP contribution in [-0.4, -0.2) is 21.4 Å². The van der Waals surface area contributed by atoms with E-state index in [2.05, 4.69) is 10.3 Å². The molecular weight excluding hydrogens is 285 g/mol. The number of halogens is 2. The van der Waals surface area contributed by atoms with Gasteiger partial charge >= 0.3 is 0 Å². The van der Waals surface area contributed by atoms with Crippen molar-refractivity contribution in [2.45, 2.75) is 24.8 Å². The molecule has 2 amide bonds. The summed E-state index contributed by atoms with van der Waals surface area (Å²) in [6.07, 6.45) is 0.601. The summed E-state index contributed by atoms with van der Waals surface area (Å²) in [5.41, 5.74) is 1.09. The topological polar surface area (TPSA) is 64.0 Å². The number of hydrogen-bond acceptors (Lipinski definition) is 3. The molecule has 1 aromatic carbocycles. The first-order valence-corrected chi connectivity index (χ1v) is 6.69. The molecule has 1 atom stereocenters. The third-order valence-corrected chi connectivity index (χ3v) is 3.60. The summed E-state index contributed by atoms with van der Waals surface area (Å²) in [6, 6.07) is 3.58. The fourth-order valence-electron chi connectivity index (χ4n) is 2.49. The van der Waals surface area contributed by atoms with Crippen molar-refractivity contribution in [3.05, 3.63) is 29.8 Å². The van der Waals surface area contributed by atoms with Crippen molar-refractivity contribution in [3.8, 4) is 0 Å². The van der Waals surface area contributed by atoms with E-state index in [4.69, 9.17) is 11.6 Å². The van der Waals surface area contributed by atoms with Gasteiger partial charge in [0.1, 0.15) is 17.7 Å². The summed E-state index contributed by atoms with van der Waals surface area (Å²) in [6.45, 7) is 0. The molecule has 0 bridgehead atoms. The van der Waals surface area contributed by atoms with Gasteiger partial charge in [-0.2, -0.15) is 0 Å². The molecule has 0 aliphatic carbocycles. The molecule has 2 heterocycles. The SMILES string of the molecule is O=C1CCC(n2c(CCl)nc3ccc(F)cc32)C(=O)N1. The molecule has 20 heavy (non-hydrogen) atoms. The fraction of sp³-hybridized carbons (Fsp3) is 0.308. The molecule has 1 aliphatic rings. The Morgan fingerprint density at radius 2 is 2.25 bits per heavy atom. The van der Waals surface area contributed by atoms with Gasteiger partial charge in [-0.3, -0.25) is 14.9 Å². The molecule has 1 saturated heterocycles. The van der Waals surface area contributed by atoms with E-state index < -0.39 is 17.8 Å². The molecule has 5 nitrogen and oxygen atoms in total. The van der Waals surface area contributed by atoms with Crippen LogP contribution in [0.4, 0.5) is 4.39 Å².